The number of amides is 1. The summed E-state index contributed by atoms with van der Waals surface area (Å²) in [6.07, 6.45) is -0.101. The molecule has 2 N–H and O–H groups in total. The van der Waals surface area contributed by atoms with E-state index in [4.69, 9.17) is 5.11 Å². The molecule has 4 nitrogen and oxygen atoms in total. The normalized spacial score (nSPS) is 11.3. The molecule has 100 valence electrons. The van der Waals surface area contributed by atoms with Gasteiger partial charge in [0, 0.05) is 33.1 Å². The first-order valence-electron chi connectivity index (χ1n) is 5.54. The molecule has 1 aromatic heterocycles. The molecule has 1 aromatic rings. The lowest BCUT2D eigenvalue weighted by atomic mass is 9.91. The summed E-state index contributed by atoms with van der Waals surface area (Å²) < 4.78 is 1.03. The summed E-state index contributed by atoms with van der Waals surface area (Å²) >= 11 is 5.04. The van der Waals surface area contributed by atoms with Crippen molar-refractivity contribution in [3.05, 3.63) is 20.8 Å². The fourth-order valence-corrected chi connectivity index (χ4v) is 2.94. The minimum absolute atomic E-state index is 0.0273. The van der Waals surface area contributed by atoms with E-state index in [-0.39, 0.29) is 24.2 Å². The van der Waals surface area contributed by atoms with Crippen molar-refractivity contribution in [2.75, 3.05) is 6.54 Å². The first-order chi connectivity index (χ1) is 8.31. The Morgan fingerprint density at radius 3 is 2.61 bits per heavy atom. The Morgan fingerprint density at radius 1 is 1.44 bits per heavy atom. The van der Waals surface area contributed by atoms with E-state index in [1.54, 1.807) is 11.3 Å². The average molecular weight is 334 g/mol. The van der Waals surface area contributed by atoms with Crippen molar-refractivity contribution >= 4 is 39.1 Å². The van der Waals surface area contributed by atoms with Crippen molar-refractivity contribution in [1.82, 2.24) is 5.32 Å². The second-order valence-corrected chi connectivity index (χ2v) is 6.51. The molecule has 1 amide bonds. The van der Waals surface area contributed by atoms with Crippen molar-refractivity contribution in [1.29, 1.82) is 0 Å². The Balaban J connectivity index is 2.46. The highest BCUT2D eigenvalue weighted by Gasteiger charge is 2.23. The maximum atomic E-state index is 11.5. The van der Waals surface area contributed by atoms with E-state index in [9.17, 15) is 9.59 Å². The number of halogens is 1. The van der Waals surface area contributed by atoms with E-state index < -0.39 is 5.97 Å². The van der Waals surface area contributed by atoms with Crippen LogP contribution in [-0.4, -0.2) is 23.5 Å². The third-order valence-corrected chi connectivity index (χ3v) is 4.58. The lowest BCUT2D eigenvalue weighted by Gasteiger charge is -2.23. The van der Waals surface area contributed by atoms with Gasteiger partial charge in [-0.2, -0.15) is 0 Å². The van der Waals surface area contributed by atoms with Crippen LogP contribution in [0.15, 0.2) is 15.9 Å². The smallest absolute Gasteiger partial charge is 0.303 e. The SMILES string of the molecule is CC(C)(CNC(=O)CCC(=O)O)c1cc(Br)cs1. The van der Waals surface area contributed by atoms with Gasteiger partial charge >= 0.3 is 5.97 Å². The molecule has 0 aliphatic heterocycles. The van der Waals surface area contributed by atoms with Crippen molar-refractivity contribution < 1.29 is 14.7 Å². The lowest BCUT2D eigenvalue weighted by molar-refractivity contribution is -0.138. The van der Waals surface area contributed by atoms with Gasteiger partial charge in [0.2, 0.25) is 5.91 Å². The number of rotatable bonds is 6. The van der Waals surface area contributed by atoms with Gasteiger partial charge in [0.1, 0.15) is 0 Å². The summed E-state index contributed by atoms with van der Waals surface area (Å²) in [5.74, 6) is -1.17. The van der Waals surface area contributed by atoms with Crippen molar-refractivity contribution in [2.45, 2.75) is 32.1 Å². The Labute approximate surface area is 119 Å². The zero-order valence-corrected chi connectivity index (χ0v) is 12.7. The molecule has 0 radical (unpaired) electrons. The predicted molar refractivity (Wildman–Crippen MR) is 74.9 cm³/mol. The minimum Gasteiger partial charge on any atom is -0.481 e. The number of hydrogen-bond donors (Lipinski definition) is 2. The molecule has 0 unspecified atom stereocenters. The molecule has 0 fully saturated rings. The highest BCUT2D eigenvalue weighted by atomic mass is 79.9. The Kier molecular flexibility index (Phi) is 5.34. The highest BCUT2D eigenvalue weighted by molar-refractivity contribution is 9.10. The van der Waals surface area contributed by atoms with Gasteiger partial charge in [-0.1, -0.05) is 13.8 Å². The van der Waals surface area contributed by atoms with Gasteiger partial charge < -0.3 is 10.4 Å². The number of carboxylic acid groups (broad SMARTS) is 1. The Hall–Kier alpha value is -0.880. The molecule has 1 heterocycles. The molecule has 0 saturated carbocycles. The zero-order chi connectivity index (χ0) is 13.8. The molecule has 1 rings (SSSR count). The number of nitrogens with one attached hydrogen (secondary N) is 1. The van der Waals surface area contributed by atoms with Crippen LogP contribution < -0.4 is 5.32 Å². The summed E-state index contributed by atoms with van der Waals surface area (Å²) in [4.78, 5) is 23.0. The second kappa shape index (κ2) is 6.33. The monoisotopic (exact) mass is 333 g/mol. The Morgan fingerprint density at radius 2 is 2.11 bits per heavy atom. The summed E-state index contributed by atoms with van der Waals surface area (Å²) in [6, 6.07) is 2.04. The standard InChI is InChI=1S/C12H16BrNO3S/c1-12(2,9-5-8(13)6-18-9)7-14-10(15)3-4-11(16)17/h5-6H,3-4,7H2,1-2H3,(H,14,15)(H,16,17). The molecular formula is C12H16BrNO3S. The maximum Gasteiger partial charge on any atom is 0.303 e. The van der Waals surface area contributed by atoms with Gasteiger partial charge in [0.25, 0.3) is 0 Å². The van der Waals surface area contributed by atoms with Crippen molar-refractivity contribution in [3.8, 4) is 0 Å². The zero-order valence-electron chi connectivity index (χ0n) is 10.3. The highest BCUT2D eigenvalue weighted by Crippen LogP contribution is 2.30. The van der Waals surface area contributed by atoms with E-state index in [1.807, 2.05) is 25.3 Å². The first kappa shape index (κ1) is 15.2. The first-order valence-corrected chi connectivity index (χ1v) is 7.21. The van der Waals surface area contributed by atoms with E-state index in [0.717, 1.165) is 4.47 Å². The van der Waals surface area contributed by atoms with Crippen LogP contribution in [0.25, 0.3) is 0 Å². The summed E-state index contributed by atoms with van der Waals surface area (Å²) in [7, 11) is 0. The summed E-state index contributed by atoms with van der Waals surface area (Å²) in [6.45, 7) is 4.59. The van der Waals surface area contributed by atoms with Gasteiger partial charge in [0.05, 0.1) is 6.42 Å². The van der Waals surface area contributed by atoms with Crippen LogP contribution in [0, 0.1) is 0 Å². The predicted octanol–water partition coefficient (Wildman–Crippen LogP) is 2.77. The maximum absolute atomic E-state index is 11.5. The van der Waals surface area contributed by atoms with Gasteiger partial charge in [-0.3, -0.25) is 9.59 Å². The van der Waals surface area contributed by atoms with Crippen LogP contribution >= 0.6 is 27.3 Å². The largest absolute Gasteiger partial charge is 0.481 e. The number of carbonyl (C=O) groups excluding carboxylic acids is 1. The van der Waals surface area contributed by atoms with Crippen LogP contribution in [0.2, 0.25) is 0 Å². The molecule has 0 bridgehead atoms. The van der Waals surface area contributed by atoms with Crippen LogP contribution in [0.4, 0.5) is 0 Å². The molecule has 0 aliphatic rings. The molecular weight excluding hydrogens is 318 g/mol. The molecule has 0 aliphatic carbocycles. The summed E-state index contributed by atoms with van der Waals surface area (Å²) in [5.41, 5.74) is -0.157. The summed E-state index contributed by atoms with van der Waals surface area (Å²) in [5, 5.41) is 13.3. The van der Waals surface area contributed by atoms with Crippen molar-refractivity contribution in [3.63, 3.8) is 0 Å². The fraction of sp³-hybridized carbons (Fsp3) is 0.500. The third kappa shape index (κ3) is 4.78. The minimum atomic E-state index is -0.952. The van der Waals surface area contributed by atoms with Crippen LogP contribution in [0.5, 0.6) is 0 Å². The lowest BCUT2D eigenvalue weighted by Crippen LogP contribution is -2.36. The van der Waals surface area contributed by atoms with Gasteiger partial charge in [-0.25, -0.2) is 0 Å². The molecule has 18 heavy (non-hydrogen) atoms. The molecule has 0 saturated heterocycles. The molecule has 0 spiro atoms. The van der Waals surface area contributed by atoms with Crippen molar-refractivity contribution in [2.24, 2.45) is 0 Å². The number of thiophene rings is 1. The molecule has 6 heteroatoms. The van der Waals surface area contributed by atoms with Gasteiger partial charge in [-0.05, 0) is 22.0 Å². The van der Waals surface area contributed by atoms with E-state index in [0.29, 0.717) is 6.54 Å². The van der Waals surface area contributed by atoms with E-state index in [1.165, 1.54) is 4.88 Å². The van der Waals surface area contributed by atoms with E-state index >= 15 is 0 Å². The average Bonchev–Trinajstić information content (AvgIpc) is 2.71. The topological polar surface area (TPSA) is 66.4 Å². The quantitative estimate of drug-likeness (QED) is 0.841. The second-order valence-electron chi connectivity index (χ2n) is 4.68. The van der Waals surface area contributed by atoms with E-state index in [2.05, 4.69) is 21.2 Å². The number of aliphatic carboxylic acids is 1. The van der Waals surface area contributed by atoms with Gasteiger partial charge in [0.15, 0.2) is 0 Å². The fourth-order valence-electron chi connectivity index (χ4n) is 1.38. The number of carbonyl (C=O) groups is 2. The molecule has 0 aromatic carbocycles. The Bertz CT molecular complexity index is 442. The van der Waals surface area contributed by atoms with Crippen LogP contribution in [0.3, 0.4) is 0 Å². The number of carboxylic acids is 1. The molecule has 0 atom stereocenters. The van der Waals surface area contributed by atoms with Crippen LogP contribution in [0.1, 0.15) is 31.6 Å². The number of hydrogen-bond acceptors (Lipinski definition) is 3. The van der Waals surface area contributed by atoms with Gasteiger partial charge in [-0.15, -0.1) is 11.3 Å². The third-order valence-electron chi connectivity index (χ3n) is 2.53. The van der Waals surface area contributed by atoms with Crippen LogP contribution in [-0.2, 0) is 15.0 Å².